The van der Waals surface area contributed by atoms with Crippen molar-refractivity contribution in [1.82, 2.24) is 14.7 Å². The third kappa shape index (κ3) is 5.40. The lowest BCUT2D eigenvalue weighted by molar-refractivity contribution is -0.148. The number of fused-ring (bicyclic) bond motifs is 1. The zero-order valence-electron chi connectivity index (χ0n) is 19.4. The molecule has 6 nitrogen and oxygen atoms in total. The second kappa shape index (κ2) is 9.86. The van der Waals surface area contributed by atoms with E-state index in [1.165, 1.54) is 22.8 Å². The minimum atomic E-state index is -0.536. The molecule has 1 aliphatic rings. The first-order valence-corrected chi connectivity index (χ1v) is 11.2. The highest BCUT2D eigenvalue weighted by atomic mass is 16.5. The van der Waals surface area contributed by atoms with Crippen LogP contribution in [0.3, 0.4) is 0 Å². The predicted octanol–water partition coefficient (Wildman–Crippen LogP) is 4.00. The van der Waals surface area contributed by atoms with Gasteiger partial charge in [0, 0.05) is 30.4 Å². The molecule has 0 aliphatic carbocycles. The molecule has 0 N–H and O–H groups in total. The minimum Gasteiger partial charge on any atom is -0.452 e. The summed E-state index contributed by atoms with van der Waals surface area (Å²) in [4.78, 5) is 26.5. The Morgan fingerprint density at radius 3 is 2.52 bits per heavy atom. The highest BCUT2D eigenvalue weighted by Gasteiger charge is 2.21. The fourth-order valence-electron chi connectivity index (χ4n) is 4.10. The lowest BCUT2D eigenvalue weighted by atomic mass is 10.00. The molecule has 0 unspecified atom stereocenters. The van der Waals surface area contributed by atoms with Crippen LogP contribution in [0, 0.1) is 20.8 Å². The van der Waals surface area contributed by atoms with Crippen LogP contribution < -0.4 is 0 Å². The Morgan fingerprint density at radius 2 is 1.76 bits per heavy atom. The molecule has 0 fully saturated rings. The van der Waals surface area contributed by atoms with Crippen LogP contribution in [0.25, 0.3) is 6.08 Å². The van der Waals surface area contributed by atoms with Gasteiger partial charge in [0.05, 0.1) is 12.2 Å². The van der Waals surface area contributed by atoms with E-state index in [1.807, 2.05) is 36.7 Å². The van der Waals surface area contributed by atoms with Crippen LogP contribution in [-0.4, -0.2) is 39.7 Å². The van der Waals surface area contributed by atoms with Crippen molar-refractivity contribution in [3.63, 3.8) is 0 Å². The van der Waals surface area contributed by atoms with Gasteiger partial charge in [-0.1, -0.05) is 54.1 Å². The number of carbonyl (C=O) groups is 2. The molecule has 0 atom stereocenters. The third-order valence-electron chi connectivity index (χ3n) is 6.10. The van der Waals surface area contributed by atoms with Crippen molar-refractivity contribution in [2.75, 3.05) is 13.2 Å². The Morgan fingerprint density at radius 1 is 1.03 bits per heavy atom. The smallest absolute Gasteiger partial charge is 0.331 e. The zero-order valence-corrected chi connectivity index (χ0v) is 19.4. The summed E-state index contributed by atoms with van der Waals surface area (Å²) in [5.41, 5.74) is 7.51. The molecule has 1 aromatic heterocycles. The number of aromatic nitrogens is 2. The van der Waals surface area contributed by atoms with E-state index in [1.54, 1.807) is 11.0 Å². The van der Waals surface area contributed by atoms with Crippen molar-refractivity contribution in [3.8, 4) is 0 Å². The number of aryl methyl sites for hydroxylation is 2. The number of benzene rings is 2. The molecule has 0 saturated heterocycles. The van der Waals surface area contributed by atoms with Crippen LogP contribution in [0.1, 0.15) is 39.2 Å². The maximum atomic E-state index is 12.5. The average Bonchev–Trinajstić information content (AvgIpc) is 3.09. The van der Waals surface area contributed by atoms with Crippen LogP contribution >= 0.6 is 0 Å². The predicted molar refractivity (Wildman–Crippen MR) is 128 cm³/mol. The highest BCUT2D eigenvalue weighted by Crippen LogP contribution is 2.19. The van der Waals surface area contributed by atoms with Crippen LogP contribution in [0.2, 0.25) is 0 Å². The summed E-state index contributed by atoms with van der Waals surface area (Å²) in [5.74, 6) is -0.713. The van der Waals surface area contributed by atoms with Crippen LogP contribution in [0.15, 0.2) is 54.6 Å². The first kappa shape index (κ1) is 22.5. The van der Waals surface area contributed by atoms with Gasteiger partial charge in [-0.15, -0.1) is 0 Å². The van der Waals surface area contributed by atoms with Crippen molar-refractivity contribution in [2.45, 2.75) is 40.3 Å². The van der Waals surface area contributed by atoms with Gasteiger partial charge in [-0.25, -0.2) is 4.79 Å². The molecule has 3 aromatic rings. The number of carbonyl (C=O) groups excluding carboxylic acids is 2. The molecule has 33 heavy (non-hydrogen) atoms. The van der Waals surface area contributed by atoms with E-state index in [-0.39, 0.29) is 12.5 Å². The van der Waals surface area contributed by atoms with Crippen LogP contribution in [0.4, 0.5) is 0 Å². The minimum absolute atomic E-state index is 0.176. The molecule has 2 aromatic carbocycles. The van der Waals surface area contributed by atoms with E-state index in [0.29, 0.717) is 19.6 Å². The van der Waals surface area contributed by atoms with Crippen molar-refractivity contribution in [3.05, 3.63) is 93.8 Å². The second-order valence-corrected chi connectivity index (χ2v) is 8.50. The van der Waals surface area contributed by atoms with Gasteiger partial charge >= 0.3 is 5.97 Å². The fraction of sp³-hybridized carbons (Fsp3) is 0.296. The standard InChI is InChI=1S/C27H29N3O3/c1-19-8-10-22(11-9-19)16-30-21(3)25(20(2)28-30)12-13-27(32)33-18-26(31)29-15-14-23-6-4-5-7-24(23)17-29/h4-13H,14-18H2,1-3H3. The van der Waals surface area contributed by atoms with Crippen molar-refractivity contribution >= 4 is 18.0 Å². The van der Waals surface area contributed by atoms with Crippen molar-refractivity contribution in [1.29, 1.82) is 0 Å². The largest absolute Gasteiger partial charge is 0.452 e. The summed E-state index contributed by atoms with van der Waals surface area (Å²) in [6.45, 7) is 7.57. The van der Waals surface area contributed by atoms with E-state index in [2.05, 4.69) is 42.4 Å². The van der Waals surface area contributed by atoms with Gasteiger partial charge in [0.2, 0.25) is 0 Å². The number of esters is 1. The molecule has 4 rings (SSSR count). The molecule has 0 spiro atoms. The Balaban J connectivity index is 1.33. The number of nitrogens with zero attached hydrogens (tertiary/aromatic N) is 3. The molecule has 170 valence electrons. The summed E-state index contributed by atoms with van der Waals surface area (Å²) in [6.07, 6.45) is 3.90. The topological polar surface area (TPSA) is 64.4 Å². The molecule has 0 saturated carbocycles. The number of rotatable bonds is 6. The third-order valence-corrected chi connectivity index (χ3v) is 6.10. The molecular formula is C27H29N3O3. The average molecular weight is 444 g/mol. The van der Waals surface area contributed by atoms with Crippen molar-refractivity contribution < 1.29 is 14.3 Å². The Kier molecular flexibility index (Phi) is 6.73. The van der Waals surface area contributed by atoms with Gasteiger partial charge in [0.25, 0.3) is 5.91 Å². The molecule has 1 amide bonds. The normalized spacial score (nSPS) is 13.2. The van der Waals surface area contributed by atoms with Gasteiger partial charge in [0.1, 0.15) is 0 Å². The number of ether oxygens (including phenoxy) is 1. The lowest BCUT2D eigenvalue weighted by Gasteiger charge is -2.28. The van der Waals surface area contributed by atoms with Crippen LogP contribution in [-0.2, 0) is 33.8 Å². The van der Waals surface area contributed by atoms with Crippen molar-refractivity contribution in [2.24, 2.45) is 0 Å². The second-order valence-electron chi connectivity index (χ2n) is 8.50. The SMILES string of the molecule is Cc1ccc(Cn2nc(C)c(C=CC(=O)OCC(=O)N3CCc4ccccc4C3)c2C)cc1. The summed E-state index contributed by atoms with van der Waals surface area (Å²) >= 11 is 0. The molecular weight excluding hydrogens is 414 g/mol. The Hall–Kier alpha value is -3.67. The highest BCUT2D eigenvalue weighted by molar-refractivity contribution is 5.89. The Bertz CT molecular complexity index is 1190. The van der Waals surface area contributed by atoms with E-state index in [9.17, 15) is 9.59 Å². The number of amides is 1. The maximum absolute atomic E-state index is 12.5. The molecule has 6 heteroatoms. The monoisotopic (exact) mass is 443 g/mol. The zero-order chi connectivity index (χ0) is 23.4. The summed E-state index contributed by atoms with van der Waals surface area (Å²) in [5, 5.41) is 4.61. The summed E-state index contributed by atoms with van der Waals surface area (Å²) in [6, 6.07) is 16.5. The van der Waals surface area contributed by atoms with E-state index in [4.69, 9.17) is 4.74 Å². The Labute approximate surface area is 194 Å². The molecule has 2 heterocycles. The lowest BCUT2D eigenvalue weighted by Crippen LogP contribution is -2.38. The first-order chi connectivity index (χ1) is 15.9. The summed E-state index contributed by atoms with van der Waals surface area (Å²) < 4.78 is 7.15. The van der Waals surface area contributed by atoms with Gasteiger partial charge in [-0.05, 0) is 50.0 Å². The van der Waals surface area contributed by atoms with Gasteiger partial charge in [0.15, 0.2) is 6.61 Å². The number of hydrogen-bond donors (Lipinski definition) is 0. The van der Waals surface area contributed by atoms with Crippen LogP contribution in [0.5, 0.6) is 0 Å². The van der Waals surface area contributed by atoms with E-state index >= 15 is 0 Å². The summed E-state index contributed by atoms with van der Waals surface area (Å²) in [7, 11) is 0. The van der Waals surface area contributed by atoms with E-state index in [0.717, 1.165) is 28.9 Å². The maximum Gasteiger partial charge on any atom is 0.331 e. The van der Waals surface area contributed by atoms with Gasteiger partial charge < -0.3 is 9.64 Å². The molecule has 0 bridgehead atoms. The fourth-order valence-corrected chi connectivity index (χ4v) is 4.10. The first-order valence-electron chi connectivity index (χ1n) is 11.2. The van der Waals surface area contributed by atoms with E-state index < -0.39 is 5.97 Å². The quantitative estimate of drug-likeness (QED) is 0.427. The molecule has 0 radical (unpaired) electrons. The molecule has 1 aliphatic heterocycles. The number of hydrogen-bond acceptors (Lipinski definition) is 4. The van der Waals surface area contributed by atoms with Gasteiger partial charge in [-0.3, -0.25) is 9.48 Å². The van der Waals surface area contributed by atoms with Gasteiger partial charge in [-0.2, -0.15) is 5.10 Å².